The number of fused-ring (bicyclic) bond motifs is 2. The monoisotopic (exact) mass is 1560 g/mol. The maximum atomic E-state index is 16.7. The number of nitrogens with zero attached hydrogens (tertiary/aromatic N) is 6. The van der Waals surface area contributed by atoms with Crippen molar-refractivity contribution in [2.24, 2.45) is 5.92 Å². The van der Waals surface area contributed by atoms with Crippen LogP contribution in [0.15, 0.2) is 158 Å². The number of nitrogens with one attached hydrogen (secondary N) is 2. The standard InChI is InChI=1S/C94H92N8O14/c1-10-56-20-14-24-60(40-56)113-74-44-68-78-69(91(107)101(90(68)106)55(9)89(105)99-36-32-97(33-37-99)72-30-18-28-66(53(72)7)87(103)95-48-64-50-111-64)45-75(114-61-25-15-21-57(11-2)41-61)81-83-77(116-63-27-17-23-59(13-4)43-63)47-71-79-70(46-76(82(85(79)83)80(74)84(78)81)115-62-26-16-22-58(12-3)42-62)92(108)102(93(71)109)86(52(5)6)94(110)100-38-34-98(35-39-100)73-31-19-29-67(54(73)8)88(104)96-49-65-51-112-65/h14-31,40-47,52,55,64-65,86H,10-13,32-39,48-51H2,1-9H3,(H,95,103)(H,96,104). The fourth-order valence-electron chi connectivity index (χ4n) is 17.3. The maximum Gasteiger partial charge on any atom is 0.262 e. The van der Waals surface area contributed by atoms with Gasteiger partial charge in [0.1, 0.15) is 58.1 Å². The second-order valence-corrected chi connectivity index (χ2v) is 31.3. The molecule has 4 fully saturated rings. The summed E-state index contributed by atoms with van der Waals surface area (Å²) >= 11 is 0. The molecule has 4 atom stereocenters. The molecule has 22 nitrogen and oxygen atoms in total. The van der Waals surface area contributed by atoms with Gasteiger partial charge in [-0.2, -0.15) is 0 Å². The fourth-order valence-corrected chi connectivity index (χ4v) is 17.3. The molecule has 0 bridgehead atoms. The Hall–Kier alpha value is -12.4. The SMILES string of the molecule is CCc1cccc(Oc2cc3c4c(cc(Oc5cccc(CC)c5)c5c6c(Oc7cccc(CC)c7)cc7c8c(cc(Oc9cccc(CC)c9)c(c2c45)c86)C(=O)N(C(C(=O)N2CCN(c4cccc(C(=O)NCC5CO5)c4C)CC2)C(C)C)C7=O)C(=O)N(C(C)C(=O)N2CCN(c4cccc(C(=O)NCC5CO5)c4C)CC2)C3=O)c1. The van der Waals surface area contributed by atoms with Gasteiger partial charge in [0, 0.05) is 131 Å². The zero-order valence-electron chi connectivity index (χ0n) is 66.6. The Morgan fingerprint density at radius 3 is 1.02 bits per heavy atom. The summed E-state index contributed by atoms with van der Waals surface area (Å²) in [6, 6.07) is 45.5. The number of hydrogen-bond donors (Lipinski definition) is 2. The van der Waals surface area contributed by atoms with Crippen LogP contribution in [0.3, 0.4) is 0 Å². The van der Waals surface area contributed by atoms with E-state index in [0.717, 1.165) is 54.6 Å². The number of ether oxygens (including phenoxy) is 6. The molecular weight excluding hydrogens is 1470 g/mol. The molecule has 11 aromatic rings. The Morgan fingerprint density at radius 1 is 0.397 bits per heavy atom. The lowest BCUT2D eigenvalue weighted by Gasteiger charge is -2.42. The molecule has 0 radical (unpaired) electrons. The first-order valence-electron chi connectivity index (χ1n) is 40.5. The van der Waals surface area contributed by atoms with Crippen LogP contribution >= 0.6 is 0 Å². The van der Waals surface area contributed by atoms with E-state index in [2.05, 4.69) is 20.4 Å². The first kappa shape index (κ1) is 76.2. The van der Waals surface area contributed by atoms with E-state index in [1.807, 2.05) is 177 Å². The van der Waals surface area contributed by atoms with Crippen molar-refractivity contribution in [3.8, 4) is 46.0 Å². The summed E-state index contributed by atoms with van der Waals surface area (Å²) < 4.78 is 40.2. The van der Waals surface area contributed by atoms with E-state index in [0.29, 0.717) is 145 Å². The predicted octanol–water partition coefficient (Wildman–Crippen LogP) is 15.3. The molecule has 8 amide bonds. The molecule has 11 aromatic carbocycles. The fraction of sp³-hybridized carbons (Fsp3) is 0.319. The summed E-state index contributed by atoms with van der Waals surface area (Å²) in [5.74, 6) is -2.84. The molecule has 6 heterocycles. The molecule has 17 rings (SSSR count). The van der Waals surface area contributed by atoms with Gasteiger partial charge in [0.15, 0.2) is 0 Å². The van der Waals surface area contributed by atoms with Crippen molar-refractivity contribution in [3.63, 3.8) is 0 Å². The normalized spacial score (nSPS) is 17.1. The van der Waals surface area contributed by atoms with Crippen LogP contribution in [0.4, 0.5) is 11.4 Å². The number of imide groups is 2. The largest absolute Gasteiger partial charge is 0.457 e. The Kier molecular flexibility index (Phi) is 20.4. The number of piperazine rings is 2. The first-order valence-corrected chi connectivity index (χ1v) is 40.5. The van der Waals surface area contributed by atoms with Crippen LogP contribution in [0, 0.1) is 19.8 Å². The molecular formula is C94H92N8O14. The molecule has 22 heteroatoms. The number of epoxide rings is 2. The number of carbonyl (C=O) groups is 8. The number of hydrogen-bond acceptors (Lipinski definition) is 16. The van der Waals surface area contributed by atoms with Gasteiger partial charge >= 0.3 is 0 Å². The number of rotatable bonds is 25. The summed E-state index contributed by atoms with van der Waals surface area (Å²) in [7, 11) is 0. The lowest BCUT2D eigenvalue weighted by Crippen LogP contribution is -2.59. The van der Waals surface area contributed by atoms with Gasteiger partial charge in [0.2, 0.25) is 11.8 Å². The van der Waals surface area contributed by atoms with E-state index in [-0.39, 0.29) is 106 Å². The molecule has 2 N–H and O–H groups in total. The summed E-state index contributed by atoms with van der Waals surface area (Å²) in [6.45, 7) is 21.8. The van der Waals surface area contributed by atoms with Gasteiger partial charge in [-0.25, -0.2) is 0 Å². The number of amides is 8. The highest BCUT2D eigenvalue weighted by molar-refractivity contribution is 6.45. The lowest BCUT2D eigenvalue weighted by molar-refractivity contribution is -0.137. The van der Waals surface area contributed by atoms with Gasteiger partial charge in [0.05, 0.1) is 47.7 Å². The second kappa shape index (κ2) is 31.1. The van der Waals surface area contributed by atoms with Crippen molar-refractivity contribution in [1.82, 2.24) is 30.2 Å². The van der Waals surface area contributed by atoms with E-state index < -0.39 is 53.4 Å². The third kappa shape index (κ3) is 13.9. The Morgan fingerprint density at radius 2 is 0.707 bits per heavy atom. The van der Waals surface area contributed by atoms with Crippen LogP contribution in [0.5, 0.6) is 46.0 Å². The highest BCUT2D eigenvalue weighted by Crippen LogP contribution is 2.58. The topological polar surface area (TPSA) is 242 Å². The van der Waals surface area contributed by atoms with Gasteiger partial charge < -0.3 is 58.7 Å². The minimum absolute atomic E-state index is 0.0146. The van der Waals surface area contributed by atoms with Crippen molar-refractivity contribution in [3.05, 3.63) is 224 Å². The van der Waals surface area contributed by atoms with Crippen LogP contribution in [0.1, 0.15) is 144 Å². The van der Waals surface area contributed by atoms with Crippen molar-refractivity contribution in [2.75, 3.05) is 88.5 Å². The Bertz CT molecular complexity index is 5650. The van der Waals surface area contributed by atoms with Gasteiger partial charge in [-0.1, -0.05) is 102 Å². The van der Waals surface area contributed by atoms with Gasteiger partial charge in [0.25, 0.3) is 35.4 Å². The van der Waals surface area contributed by atoms with Crippen LogP contribution < -0.4 is 39.4 Å². The number of anilines is 2. The summed E-state index contributed by atoms with van der Waals surface area (Å²) in [4.78, 5) is 134. The molecule has 4 saturated heterocycles. The zero-order valence-corrected chi connectivity index (χ0v) is 66.6. The molecule has 116 heavy (non-hydrogen) atoms. The molecule has 4 unspecified atom stereocenters. The minimum Gasteiger partial charge on any atom is -0.457 e. The lowest BCUT2D eigenvalue weighted by atomic mass is 9.80. The van der Waals surface area contributed by atoms with E-state index in [9.17, 15) is 9.59 Å². The first-order chi connectivity index (χ1) is 56.2. The number of benzene rings is 11. The number of aryl methyl sites for hydroxylation is 4. The van der Waals surface area contributed by atoms with Crippen LogP contribution in [0.2, 0.25) is 0 Å². The number of carbonyl (C=O) groups excluding carboxylic acids is 8. The average Bonchev–Trinajstić information content (AvgIpc) is 0.781. The van der Waals surface area contributed by atoms with Crippen molar-refractivity contribution >= 4 is 102 Å². The second-order valence-electron chi connectivity index (χ2n) is 31.3. The minimum atomic E-state index is -1.34. The van der Waals surface area contributed by atoms with E-state index in [1.54, 1.807) is 53.1 Å². The molecule has 0 spiro atoms. The summed E-state index contributed by atoms with van der Waals surface area (Å²) in [5.41, 5.74) is 8.32. The van der Waals surface area contributed by atoms with Gasteiger partial charge in [-0.3, -0.25) is 48.2 Å². The van der Waals surface area contributed by atoms with Gasteiger partial charge in [-0.15, -0.1) is 0 Å². The molecule has 592 valence electrons. The molecule has 6 aliphatic rings. The third-order valence-electron chi connectivity index (χ3n) is 23.8. The molecule has 0 aliphatic carbocycles. The maximum absolute atomic E-state index is 16.7. The van der Waals surface area contributed by atoms with Crippen LogP contribution in [0.25, 0.3) is 43.1 Å². The highest BCUT2D eigenvalue weighted by Gasteiger charge is 2.48. The van der Waals surface area contributed by atoms with Gasteiger partial charge in [-0.05, 0) is 183 Å². The van der Waals surface area contributed by atoms with Crippen LogP contribution in [-0.4, -0.2) is 170 Å². The van der Waals surface area contributed by atoms with Crippen LogP contribution in [-0.2, 0) is 44.7 Å². The van der Waals surface area contributed by atoms with Crippen molar-refractivity contribution < 1.29 is 66.8 Å². The van der Waals surface area contributed by atoms with Crippen molar-refractivity contribution in [2.45, 2.75) is 112 Å². The molecule has 0 aromatic heterocycles. The quantitative estimate of drug-likeness (QED) is 0.0234. The smallest absolute Gasteiger partial charge is 0.262 e. The molecule has 6 aliphatic heterocycles. The van der Waals surface area contributed by atoms with Crippen molar-refractivity contribution in [1.29, 1.82) is 0 Å². The van der Waals surface area contributed by atoms with E-state index >= 15 is 28.8 Å². The van der Waals surface area contributed by atoms with E-state index in [4.69, 9.17) is 28.4 Å². The Balaban J connectivity index is 0.850. The Labute approximate surface area is 672 Å². The molecule has 0 saturated carbocycles. The third-order valence-corrected chi connectivity index (χ3v) is 23.8. The zero-order chi connectivity index (χ0) is 80.6. The van der Waals surface area contributed by atoms with E-state index in [1.165, 1.54) is 0 Å². The highest BCUT2D eigenvalue weighted by atomic mass is 16.6. The average molecular weight is 1560 g/mol. The summed E-state index contributed by atoms with van der Waals surface area (Å²) in [6.07, 6.45) is 2.60. The predicted molar refractivity (Wildman–Crippen MR) is 444 cm³/mol. The summed E-state index contributed by atoms with van der Waals surface area (Å²) in [5, 5.41) is 8.32.